The summed E-state index contributed by atoms with van der Waals surface area (Å²) in [6, 6.07) is 15.5. The van der Waals surface area contributed by atoms with E-state index in [1.54, 1.807) is 6.20 Å². The fourth-order valence-corrected chi connectivity index (χ4v) is 3.52. The number of carbonyl (C=O) groups is 1. The second-order valence-electron chi connectivity index (χ2n) is 6.79. The first-order valence-corrected chi connectivity index (χ1v) is 8.15. The summed E-state index contributed by atoms with van der Waals surface area (Å²) in [4.78, 5) is 18.6. The molecule has 2 N–H and O–H groups in total. The lowest BCUT2D eigenvalue weighted by Gasteiger charge is -2.19. The summed E-state index contributed by atoms with van der Waals surface area (Å²) in [5.74, 6) is 6.55. The fourth-order valence-electron chi connectivity index (χ4n) is 3.52. The second-order valence-corrected chi connectivity index (χ2v) is 6.79. The number of nitrogens with two attached hydrogens (primary N) is 1. The summed E-state index contributed by atoms with van der Waals surface area (Å²) >= 11 is 0. The van der Waals surface area contributed by atoms with Crippen molar-refractivity contribution in [3.05, 3.63) is 66.0 Å². The van der Waals surface area contributed by atoms with Gasteiger partial charge in [-0.1, -0.05) is 42.3 Å². The van der Waals surface area contributed by atoms with Crippen molar-refractivity contribution in [2.24, 2.45) is 11.1 Å². The molecule has 2 heterocycles. The van der Waals surface area contributed by atoms with Gasteiger partial charge in [-0.15, -0.1) is 0 Å². The zero-order chi connectivity index (χ0) is 16.6. The topological polar surface area (TPSA) is 59.2 Å². The molecule has 2 fully saturated rings. The van der Waals surface area contributed by atoms with E-state index in [2.05, 4.69) is 16.8 Å². The van der Waals surface area contributed by atoms with Crippen molar-refractivity contribution in [3.8, 4) is 11.8 Å². The molecule has 24 heavy (non-hydrogen) atoms. The van der Waals surface area contributed by atoms with Gasteiger partial charge in [0.1, 0.15) is 5.69 Å². The number of hydrogen-bond donors (Lipinski definition) is 1. The molecule has 1 saturated heterocycles. The van der Waals surface area contributed by atoms with E-state index in [1.165, 1.54) is 0 Å². The molecule has 1 aliphatic heterocycles. The average molecular weight is 317 g/mol. The van der Waals surface area contributed by atoms with E-state index in [0.29, 0.717) is 19.5 Å². The van der Waals surface area contributed by atoms with E-state index in [4.69, 9.17) is 5.73 Å². The van der Waals surface area contributed by atoms with Crippen molar-refractivity contribution in [2.45, 2.75) is 18.4 Å². The van der Waals surface area contributed by atoms with Crippen molar-refractivity contribution in [1.82, 2.24) is 9.88 Å². The number of pyridine rings is 1. The van der Waals surface area contributed by atoms with Gasteiger partial charge in [0.2, 0.25) is 5.91 Å². The number of carbonyl (C=O) groups excluding carboxylic acids is 1. The Kier molecular flexibility index (Phi) is 3.40. The SMILES string of the molecule is NC12CN(C(=O)Cc3ccccc3)CC1(C#Cc1ccccn1)C2. The first-order valence-electron chi connectivity index (χ1n) is 8.15. The average Bonchev–Trinajstić information content (AvgIpc) is 3.06. The zero-order valence-corrected chi connectivity index (χ0v) is 13.4. The fraction of sp³-hybridized carbons (Fsp3) is 0.300. The van der Waals surface area contributed by atoms with E-state index in [-0.39, 0.29) is 16.9 Å². The number of nitrogens with zero attached hydrogens (tertiary/aromatic N) is 2. The molecule has 120 valence electrons. The quantitative estimate of drug-likeness (QED) is 0.856. The van der Waals surface area contributed by atoms with Crippen LogP contribution in [0.5, 0.6) is 0 Å². The predicted octanol–water partition coefficient (Wildman–Crippen LogP) is 1.61. The normalized spacial score (nSPS) is 27.1. The highest BCUT2D eigenvalue weighted by molar-refractivity contribution is 5.80. The smallest absolute Gasteiger partial charge is 0.227 e. The Morgan fingerprint density at radius 3 is 2.71 bits per heavy atom. The Balaban J connectivity index is 1.47. The van der Waals surface area contributed by atoms with Crippen molar-refractivity contribution in [2.75, 3.05) is 13.1 Å². The van der Waals surface area contributed by atoms with Crippen LogP contribution in [0.3, 0.4) is 0 Å². The summed E-state index contributed by atoms with van der Waals surface area (Å²) in [6.07, 6.45) is 3.00. The van der Waals surface area contributed by atoms with Crippen molar-refractivity contribution >= 4 is 5.91 Å². The number of aromatic nitrogens is 1. The van der Waals surface area contributed by atoms with Crippen LogP contribution in [0.25, 0.3) is 0 Å². The highest BCUT2D eigenvalue weighted by atomic mass is 16.2. The minimum atomic E-state index is -0.360. The van der Waals surface area contributed by atoms with Gasteiger partial charge in [-0.25, -0.2) is 4.98 Å². The van der Waals surface area contributed by atoms with Crippen LogP contribution in [0.4, 0.5) is 0 Å². The zero-order valence-electron chi connectivity index (χ0n) is 13.4. The monoisotopic (exact) mass is 317 g/mol. The number of hydrogen-bond acceptors (Lipinski definition) is 3. The van der Waals surface area contributed by atoms with Crippen LogP contribution in [0.15, 0.2) is 54.7 Å². The summed E-state index contributed by atoms with van der Waals surface area (Å²) in [7, 11) is 0. The van der Waals surface area contributed by atoms with Gasteiger partial charge < -0.3 is 10.6 Å². The number of benzene rings is 1. The Morgan fingerprint density at radius 1 is 1.17 bits per heavy atom. The van der Waals surface area contributed by atoms with Crippen molar-refractivity contribution in [3.63, 3.8) is 0 Å². The maximum absolute atomic E-state index is 12.5. The number of piperidine rings is 1. The molecule has 1 amide bonds. The molecule has 1 saturated carbocycles. The van der Waals surface area contributed by atoms with Crippen LogP contribution >= 0.6 is 0 Å². The van der Waals surface area contributed by atoms with Crippen LogP contribution in [0.1, 0.15) is 17.7 Å². The molecule has 4 nitrogen and oxygen atoms in total. The van der Waals surface area contributed by atoms with Gasteiger partial charge in [0.25, 0.3) is 0 Å². The van der Waals surface area contributed by atoms with Gasteiger partial charge in [-0.05, 0) is 30.0 Å². The predicted molar refractivity (Wildman–Crippen MR) is 91.8 cm³/mol. The summed E-state index contributed by atoms with van der Waals surface area (Å²) in [5.41, 5.74) is 7.60. The molecule has 4 heteroatoms. The lowest BCUT2D eigenvalue weighted by molar-refractivity contribution is -0.130. The minimum Gasteiger partial charge on any atom is -0.339 e. The summed E-state index contributed by atoms with van der Waals surface area (Å²) < 4.78 is 0. The first-order chi connectivity index (χ1) is 11.6. The maximum Gasteiger partial charge on any atom is 0.227 e. The molecule has 2 unspecified atom stereocenters. The van der Waals surface area contributed by atoms with Crippen LogP contribution in [0.2, 0.25) is 0 Å². The highest BCUT2D eigenvalue weighted by Crippen LogP contribution is 2.59. The third kappa shape index (κ3) is 2.57. The lowest BCUT2D eigenvalue weighted by Crippen LogP contribution is -2.37. The molecule has 2 aliphatic rings. The summed E-state index contributed by atoms with van der Waals surface area (Å²) in [5, 5.41) is 0. The van der Waals surface area contributed by atoms with Crippen LogP contribution in [0, 0.1) is 17.3 Å². The van der Waals surface area contributed by atoms with E-state index in [9.17, 15) is 4.79 Å². The van der Waals surface area contributed by atoms with E-state index in [1.807, 2.05) is 53.4 Å². The van der Waals surface area contributed by atoms with Crippen LogP contribution < -0.4 is 5.73 Å². The molecule has 1 aromatic carbocycles. The minimum absolute atomic E-state index is 0.122. The highest BCUT2D eigenvalue weighted by Gasteiger charge is 2.70. The maximum atomic E-state index is 12.5. The Labute approximate surface area is 141 Å². The van der Waals surface area contributed by atoms with Crippen LogP contribution in [-0.2, 0) is 11.2 Å². The van der Waals surface area contributed by atoms with Gasteiger partial charge in [0.15, 0.2) is 0 Å². The largest absolute Gasteiger partial charge is 0.339 e. The third-order valence-corrected chi connectivity index (χ3v) is 5.02. The second kappa shape index (κ2) is 5.47. The van der Waals surface area contributed by atoms with Gasteiger partial charge in [0.05, 0.1) is 17.4 Å². The molecule has 1 aliphatic carbocycles. The molecular weight excluding hydrogens is 298 g/mol. The Bertz CT molecular complexity index is 824. The van der Waals surface area contributed by atoms with Crippen molar-refractivity contribution in [1.29, 1.82) is 0 Å². The third-order valence-electron chi connectivity index (χ3n) is 5.02. The van der Waals surface area contributed by atoms with Gasteiger partial charge in [-0.2, -0.15) is 0 Å². The Morgan fingerprint density at radius 2 is 1.96 bits per heavy atom. The van der Waals surface area contributed by atoms with Crippen molar-refractivity contribution < 1.29 is 4.79 Å². The molecule has 0 radical (unpaired) electrons. The van der Waals surface area contributed by atoms with Crippen LogP contribution in [-0.4, -0.2) is 34.4 Å². The molecule has 0 spiro atoms. The molecule has 0 bridgehead atoms. The number of rotatable bonds is 2. The molecule has 1 aromatic heterocycles. The van der Waals surface area contributed by atoms with Gasteiger partial charge >= 0.3 is 0 Å². The summed E-state index contributed by atoms with van der Waals surface area (Å²) in [6.45, 7) is 1.21. The molecule has 2 aromatic rings. The molecule has 4 rings (SSSR count). The molecular formula is C20H19N3O. The van der Waals surface area contributed by atoms with Gasteiger partial charge in [0, 0.05) is 19.3 Å². The van der Waals surface area contributed by atoms with E-state index < -0.39 is 0 Å². The lowest BCUT2D eigenvalue weighted by atomic mass is 10.0. The van der Waals surface area contributed by atoms with Gasteiger partial charge in [-0.3, -0.25) is 4.79 Å². The molecule has 2 atom stereocenters. The standard InChI is InChI=1S/C20H19N3O/c21-20-13-19(20,10-9-17-8-4-5-11-22-17)14-23(15-20)18(24)12-16-6-2-1-3-7-16/h1-8,11H,12-15,21H2. The Hall–Kier alpha value is -2.64. The van der Waals surface area contributed by atoms with E-state index >= 15 is 0 Å². The van der Waals surface area contributed by atoms with E-state index in [0.717, 1.165) is 17.7 Å². The number of amides is 1. The first kappa shape index (κ1) is 14.9. The number of fused-ring (bicyclic) bond motifs is 1. The number of likely N-dealkylation sites (tertiary alicyclic amines) is 1.